The number of carbonyl (C=O) groups is 1. The highest BCUT2D eigenvalue weighted by molar-refractivity contribution is 5.85. The fourth-order valence-corrected chi connectivity index (χ4v) is 3.32. The van der Waals surface area contributed by atoms with Crippen LogP contribution in [-0.2, 0) is 4.79 Å². The van der Waals surface area contributed by atoms with Gasteiger partial charge in [0.15, 0.2) is 0 Å². The maximum atomic E-state index is 12.5. The Morgan fingerprint density at radius 1 is 1.26 bits per heavy atom. The highest BCUT2D eigenvalue weighted by atomic mass is 35.5. The van der Waals surface area contributed by atoms with Crippen molar-refractivity contribution in [2.45, 2.75) is 58.4 Å². The van der Waals surface area contributed by atoms with Gasteiger partial charge in [-0.2, -0.15) is 0 Å². The second-order valence-electron chi connectivity index (χ2n) is 6.44. The summed E-state index contributed by atoms with van der Waals surface area (Å²) in [6.07, 6.45) is 6.99. The van der Waals surface area contributed by atoms with Crippen LogP contribution in [0.4, 0.5) is 0 Å². The summed E-state index contributed by atoms with van der Waals surface area (Å²) < 4.78 is 0. The molecule has 0 aromatic carbocycles. The summed E-state index contributed by atoms with van der Waals surface area (Å²) in [5.41, 5.74) is 0. The van der Waals surface area contributed by atoms with E-state index in [1.807, 2.05) is 0 Å². The van der Waals surface area contributed by atoms with Crippen LogP contribution >= 0.6 is 12.4 Å². The molecule has 2 rings (SSSR count). The zero-order valence-electron chi connectivity index (χ0n) is 12.4. The third-order valence-electron chi connectivity index (χ3n) is 4.27. The minimum atomic E-state index is 0. The Hall–Kier alpha value is -0.280. The lowest BCUT2D eigenvalue weighted by Crippen LogP contribution is -2.42. The van der Waals surface area contributed by atoms with Crippen molar-refractivity contribution in [2.75, 3.05) is 19.6 Å². The molecule has 0 spiro atoms. The summed E-state index contributed by atoms with van der Waals surface area (Å²) in [5, 5.41) is 3.36. The van der Waals surface area contributed by atoms with E-state index in [1.165, 1.54) is 32.1 Å². The van der Waals surface area contributed by atoms with Gasteiger partial charge in [0.2, 0.25) is 5.91 Å². The van der Waals surface area contributed by atoms with Crippen molar-refractivity contribution in [1.29, 1.82) is 0 Å². The first-order valence-electron chi connectivity index (χ1n) is 7.67. The molecule has 1 heterocycles. The van der Waals surface area contributed by atoms with Crippen LogP contribution in [0.5, 0.6) is 0 Å². The van der Waals surface area contributed by atoms with E-state index in [9.17, 15) is 4.79 Å². The summed E-state index contributed by atoms with van der Waals surface area (Å²) in [6, 6.07) is 0.536. The SMILES string of the molecule is CC(C)CN(C(=O)CC1CCNC1)C1CCCC1.Cl. The zero-order chi connectivity index (χ0) is 13.0. The number of nitrogens with zero attached hydrogens (tertiary/aromatic N) is 1. The van der Waals surface area contributed by atoms with Crippen LogP contribution in [0.3, 0.4) is 0 Å². The van der Waals surface area contributed by atoms with Gasteiger partial charge in [0.05, 0.1) is 0 Å². The van der Waals surface area contributed by atoms with Crippen LogP contribution < -0.4 is 5.32 Å². The van der Waals surface area contributed by atoms with E-state index in [0.29, 0.717) is 23.8 Å². The van der Waals surface area contributed by atoms with Crippen molar-refractivity contribution >= 4 is 18.3 Å². The van der Waals surface area contributed by atoms with Gasteiger partial charge in [0.1, 0.15) is 0 Å². The third-order valence-corrected chi connectivity index (χ3v) is 4.27. The standard InChI is InChI=1S/C15H28N2O.ClH/c1-12(2)11-17(14-5-3-4-6-14)15(18)9-13-7-8-16-10-13;/h12-14,16H,3-11H2,1-2H3;1H. The van der Waals surface area contributed by atoms with Crippen LogP contribution in [0.2, 0.25) is 0 Å². The molecule has 1 saturated heterocycles. The highest BCUT2D eigenvalue weighted by Crippen LogP contribution is 2.26. The molecule has 3 nitrogen and oxygen atoms in total. The lowest BCUT2D eigenvalue weighted by atomic mass is 10.0. The molecule has 0 radical (unpaired) electrons. The Labute approximate surface area is 123 Å². The van der Waals surface area contributed by atoms with Crippen molar-refractivity contribution in [3.8, 4) is 0 Å². The van der Waals surface area contributed by atoms with E-state index >= 15 is 0 Å². The smallest absolute Gasteiger partial charge is 0.223 e. The number of halogens is 1. The zero-order valence-corrected chi connectivity index (χ0v) is 13.2. The van der Waals surface area contributed by atoms with E-state index in [0.717, 1.165) is 26.1 Å². The highest BCUT2D eigenvalue weighted by Gasteiger charge is 2.29. The lowest BCUT2D eigenvalue weighted by Gasteiger charge is -2.31. The fourth-order valence-electron chi connectivity index (χ4n) is 3.32. The maximum Gasteiger partial charge on any atom is 0.223 e. The van der Waals surface area contributed by atoms with Gasteiger partial charge >= 0.3 is 0 Å². The molecule has 1 amide bonds. The molecule has 0 bridgehead atoms. The van der Waals surface area contributed by atoms with Crippen molar-refractivity contribution in [3.05, 3.63) is 0 Å². The Kier molecular flexibility index (Phi) is 7.16. The van der Waals surface area contributed by atoms with E-state index < -0.39 is 0 Å². The number of nitrogens with one attached hydrogen (secondary N) is 1. The number of hydrogen-bond donors (Lipinski definition) is 1. The van der Waals surface area contributed by atoms with E-state index in [2.05, 4.69) is 24.1 Å². The lowest BCUT2D eigenvalue weighted by molar-refractivity contribution is -0.135. The number of rotatable bonds is 5. The first-order chi connectivity index (χ1) is 8.66. The number of hydrogen-bond acceptors (Lipinski definition) is 2. The molecular formula is C15H29ClN2O. The first-order valence-corrected chi connectivity index (χ1v) is 7.67. The van der Waals surface area contributed by atoms with Gasteiger partial charge in [-0.1, -0.05) is 26.7 Å². The summed E-state index contributed by atoms with van der Waals surface area (Å²) in [7, 11) is 0. The molecule has 2 fully saturated rings. The van der Waals surface area contributed by atoms with Gasteiger partial charge < -0.3 is 10.2 Å². The monoisotopic (exact) mass is 288 g/mol. The van der Waals surface area contributed by atoms with Crippen molar-refractivity contribution in [3.63, 3.8) is 0 Å². The van der Waals surface area contributed by atoms with Crippen molar-refractivity contribution < 1.29 is 4.79 Å². The molecule has 2 aliphatic rings. The van der Waals surface area contributed by atoms with Gasteiger partial charge in [-0.15, -0.1) is 12.4 Å². The van der Waals surface area contributed by atoms with Gasteiger partial charge in [-0.05, 0) is 44.2 Å². The fraction of sp³-hybridized carbons (Fsp3) is 0.933. The molecule has 0 aromatic rings. The number of amides is 1. The van der Waals surface area contributed by atoms with Crippen LogP contribution in [0, 0.1) is 11.8 Å². The summed E-state index contributed by atoms with van der Waals surface area (Å²) in [6.45, 7) is 7.50. The molecule has 19 heavy (non-hydrogen) atoms. The summed E-state index contributed by atoms with van der Waals surface area (Å²) in [4.78, 5) is 14.7. The minimum Gasteiger partial charge on any atom is -0.339 e. The van der Waals surface area contributed by atoms with Crippen LogP contribution in [-0.4, -0.2) is 36.5 Å². The van der Waals surface area contributed by atoms with Gasteiger partial charge in [-0.25, -0.2) is 0 Å². The molecule has 4 heteroatoms. The molecule has 1 aliphatic heterocycles. The quantitative estimate of drug-likeness (QED) is 0.844. The Morgan fingerprint density at radius 3 is 2.47 bits per heavy atom. The molecule has 1 saturated carbocycles. The van der Waals surface area contributed by atoms with Crippen LogP contribution in [0.15, 0.2) is 0 Å². The summed E-state index contributed by atoms with van der Waals surface area (Å²) >= 11 is 0. The molecule has 1 atom stereocenters. The average Bonchev–Trinajstić information content (AvgIpc) is 2.97. The predicted octanol–water partition coefficient (Wildman–Crippen LogP) is 2.84. The minimum absolute atomic E-state index is 0. The Morgan fingerprint density at radius 2 is 1.95 bits per heavy atom. The number of carbonyl (C=O) groups excluding carboxylic acids is 1. The topological polar surface area (TPSA) is 32.3 Å². The normalized spacial score (nSPS) is 23.6. The van der Waals surface area contributed by atoms with Gasteiger partial charge in [-0.3, -0.25) is 4.79 Å². The first kappa shape index (κ1) is 16.8. The predicted molar refractivity (Wildman–Crippen MR) is 81.6 cm³/mol. The second-order valence-corrected chi connectivity index (χ2v) is 6.44. The second kappa shape index (κ2) is 8.11. The molecule has 1 N–H and O–H groups in total. The molecule has 1 aliphatic carbocycles. The van der Waals surface area contributed by atoms with Gasteiger partial charge in [0, 0.05) is 19.0 Å². The largest absolute Gasteiger partial charge is 0.339 e. The van der Waals surface area contributed by atoms with Crippen molar-refractivity contribution in [2.24, 2.45) is 11.8 Å². The third kappa shape index (κ3) is 4.96. The van der Waals surface area contributed by atoms with E-state index in [1.54, 1.807) is 0 Å². The molecule has 112 valence electrons. The van der Waals surface area contributed by atoms with Crippen LogP contribution in [0.25, 0.3) is 0 Å². The van der Waals surface area contributed by atoms with E-state index in [4.69, 9.17) is 0 Å². The van der Waals surface area contributed by atoms with Gasteiger partial charge in [0.25, 0.3) is 0 Å². The van der Waals surface area contributed by atoms with E-state index in [-0.39, 0.29) is 12.4 Å². The molecule has 0 aromatic heterocycles. The average molecular weight is 289 g/mol. The molecule has 1 unspecified atom stereocenters. The summed E-state index contributed by atoms with van der Waals surface area (Å²) in [5.74, 6) is 1.56. The molecular weight excluding hydrogens is 260 g/mol. The maximum absolute atomic E-state index is 12.5. The Bertz CT molecular complexity index is 271. The van der Waals surface area contributed by atoms with Crippen LogP contribution in [0.1, 0.15) is 52.4 Å². The van der Waals surface area contributed by atoms with Crippen molar-refractivity contribution in [1.82, 2.24) is 10.2 Å². The Balaban J connectivity index is 0.00000180.